The van der Waals surface area contributed by atoms with Crippen LogP contribution in [0.2, 0.25) is 0 Å². The molecule has 2 N–H and O–H groups in total. The van der Waals surface area contributed by atoms with Crippen LogP contribution in [0, 0.1) is 5.92 Å². The Hall–Kier alpha value is -3.75. The highest BCUT2D eigenvalue weighted by molar-refractivity contribution is 6.07. The fourth-order valence-corrected chi connectivity index (χ4v) is 2.99. The standard InChI is InChI=1S/C22H17F3N4O2/c23-22(24,25)16-5-3-13(4-6-16)17-8-9-26-12-18(17)28-21(31)15-7-10-27-19(11-15)29-20(30)14-1-2-14/h3-12,14H,1-2H2,(H,28,31)(H,27,29,30). The van der Waals surface area contributed by atoms with E-state index in [2.05, 4.69) is 20.6 Å². The molecule has 6 nitrogen and oxygen atoms in total. The summed E-state index contributed by atoms with van der Waals surface area (Å²) in [5, 5.41) is 5.41. The molecule has 0 atom stereocenters. The van der Waals surface area contributed by atoms with Crippen molar-refractivity contribution in [3.8, 4) is 11.1 Å². The van der Waals surface area contributed by atoms with Crippen molar-refractivity contribution in [2.75, 3.05) is 10.6 Å². The van der Waals surface area contributed by atoms with Crippen molar-refractivity contribution >= 4 is 23.3 Å². The van der Waals surface area contributed by atoms with Gasteiger partial charge in [-0.3, -0.25) is 14.6 Å². The average Bonchev–Trinajstić information content (AvgIpc) is 3.59. The first kappa shape index (κ1) is 20.5. The van der Waals surface area contributed by atoms with Gasteiger partial charge < -0.3 is 10.6 Å². The summed E-state index contributed by atoms with van der Waals surface area (Å²) in [5.74, 6) is -0.313. The molecule has 158 valence electrons. The van der Waals surface area contributed by atoms with Gasteiger partial charge in [-0.1, -0.05) is 12.1 Å². The Morgan fingerprint density at radius 1 is 0.968 bits per heavy atom. The number of pyridine rings is 2. The monoisotopic (exact) mass is 426 g/mol. The molecule has 1 aliphatic rings. The van der Waals surface area contributed by atoms with E-state index in [9.17, 15) is 22.8 Å². The molecule has 3 aromatic rings. The van der Waals surface area contributed by atoms with Crippen LogP contribution in [0.25, 0.3) is 11.1 Å². The molecule has 1 fully saturated rings. The van der Waals surface area contributed by atoms with E-state index in [4.69, 9.17) is 0 Å². The largest absolute Gasteiger partial charge is 0.416 e. The van der Waals surface area contributed by atoms with E-state index in [1.165, 1.54) is 42.9 Å². The van der Waals surface area contributed by atoms with Gasteiger partial charge in [0.2, 0.25) is 5.91 Å². The lowest BCUT2D eigenvalue weighted by atomic mass is 10.0. The molecule has 1 saturated carbocycles. The summed E-state index contributed by atoms with van der Waals surface area (Å²) in [6, 6.07) is 9.21. The van der Waals surface area contributed by atoms with Gasteiger partial charge in [0, 0.05) is 29.4 Å². The minimum atomic E-state index is -4.43. The molecule has 31 heavy (non-hydrogen) atoms. The molecule has 0 unspecified atom stereocenters. The number of benzene rings is 1. The molecule has 1 aromatic carbocycles. The zero-order valence-electron chi connectivity index (χ0n) is 16.1. The number of carbonyl (C=O) groups is 2. The Bertz CT molecular complexity index is 1130. The van der Waals surface area contributed by atoms with Crippen molar-refractivity contribution in [2.24, 2.45) is 5.92 Å². The van der Waals surface area contributed by atoms with E-state index in [-0.39, 0.29) is 23.2 Å². The molecule has 0 spiro atoms. The first-order valence-electron chi connectivity index (χ1n) is 9.51. The number of carbonyl (C=O) groups excluding carboxylic acids is 2. The Balaban J connectivity index is 1.54. The average molecular weight is 426 g/mol. The molecule has 0 aliphatic heterocycles. The number of rotatable bonds is 5. The third-order valence-corrected chi connectivity index (χ3v) is 4.81. The lowest BCUT2D eigenvalue weighted by Gasteiger charge is -2.12. The number of aromatic nitrogens is 2. The summed E-state index contributed by atoms with van der Waals surface area (Å²) >= 11 is 0. The van der Waals surface area contributed by atoms with Crippen LogP contribution < -0.4 is 10.6 Å². The number of amides is 2. The van der Waals surface area contributed by atoms with Gasteiger partial charge in [-0.2, -0.15) is 13.2 Å². The van der Waals surface area contributed by atoms with Crippen molar-refractivity contribution in [3.63, 3.8) is 0 Å². The second kappa shape index (κ2) is 8.17. The van der Waals surface area contributed by atoms with Crippen LogP contribution in [-0.2, 0) is 11.0 Å². The Labute approximate surface area is 175 Å². The van der Waals surface area contributed by atoms with Gasteiger partial charge in [0.25, 0.3) is 5.91 Å². The Morgan fingerprint density at radius 3 is 2.39 bits per heavy atom. The van der Waals surface area contributed by atoms with E-state index in [1.807, 2.05) is 0 Å². The van der Waals surface area contributed by atoms with Crippen molar-refractivity contribution in [3.05, 3.63) is 72.2 Å². The molecule has 2 heterocycles. The van der Waals surface area contributed by atoms with Crippen LogP contribution in [0.15, 0.2) is 61.1 Å². The zero-order valence-corrected chi connectivity index (χ0v) is 16.1. The van der Waals surface area contributed by atoms with Crippen LogP contribution in [0.3, 0.4) is 0 Å². The maximum atomic E-state index is 12.8. The molecule has 0 radical (unpaired) electrons. The van der Waals surface area contributed by atoms with E-state index in [0.717, 1.165) is 25.0 Å². The van der Waals surface area contributed by atoms with Crippen LogP contribution in [-0.4, -0.2) is 21.8 Å². The molecular formula is C22H17F3N4O2. The highest BCUT2D eigenvalue weighted by atomic mass is 19.4. The van der Waals surface area contributed by atoms with Gasteiger partial charge in [0.15, 0.2) is 0 Å². The summed E-state index contributed by atoms with van der Waals surface area (Å²) in [6.45, 7) is 0. The van der Waals surface area contributed by atoms with Crippen LogP contribution >= 0.6 is 0 Å². The predicted octanol–water partition coefficient (Wildman–Crippen LogP) is 4.76. The lowest BCUT2D eigenvalue weighted by Crippen LogP contribution is -2.16. The Morgan fingerprint density at radius 2 is 1.71 bits per heavy atom. The van der Waals surface area contributed by atoms with Crippen molar-refractivity contribution in [2.45, 2.75) is 19.0 Å². The number of hydrogen-bond donors (Lipinski definition) is 2. The summed E-state index contributed by atoms with van der Waals surface area (Å²) in [5.41, 5.74) is 0.871. The third-order valence-electron chi connectivity index (χ3n) is 4.81. The normalized spacial score (nSPS) is 13.5. The van der Waals surface area contributed by atoms with Gasteiger partial charge in [-0.15, -0.1) is 0 Å². The maximum Gasteiger partial charge on any atom is 0.416 e. The summed E-state index contributed by atoms with van der Waals surface area (Å²) in [4.78, 5) is 32.7. The SMILES string of the molecule is O=C(Nc1cnccc1-c1ccc(C(F)(F)F)cc1)c1ccnc(NC(=O)C2CC2)c1. The maximum absolute atomic E-state index is 12.8. The van der Waals surface area contributed by atoms with E-state index in [0.29, 0.717) is 16.8 Å². The first-order chi connectivity index (χ1) is 14.8. The summed E-state index contributed by atoms with van der Waals surface area (Å²) < 4.78 is 38.5. The third kappa shape index (κ3) is 4.88. The molecule has 4 rings (SSSR count). The zero-order chi connectivity index (χ0) is 22.0. The number of anilines is 2. The number of nitrogens with zero attached hydrogens (tertiary/aromatic N) is 2. The molecule has 1 aliphatic carbocycles. The minimum Gasteiger partial charge on any atom is -0.320 e. The topological polar surface area (TPSA) is 84.0 Å². The summed E-state index contributed by atoms with van der Waals surface area (Å²) in [6.07, 6.45) is 1.58. The van der Waals surface area contributed by atoms with Crippen molar-refractivity contribution in [1.82, 2.24) is 9.97 Å². The van der Waals surface area contributed by atoms with Crippen LogP contribution in [0.4, 0.5) is 24.7 Å². The summed E-state index contributed by atoms with van der Waals surface area (Å²) in [7, 11) is 0. The van der Waals surface area contributed by atoms with Gasteiger partial charge in [0.1, 0.15) is 5.82 Å². The minimum absolute atomic E-state index is 0.000896. The van der Waals surface area contributed by atoms with Crippen LogP contribution in [0.1, 0.15) is 28.8 Å². The Kier molecular flexibility index (Phi) is 5.41. The number of halogens is 3. The van der Waals surface area contributed by atoms with Crippen molar-refractivity contribution < 1.29 is 22.8 Å². The van der Waals surface area contributed by atoms with Gasteiger partial charge in [-0.25, -0.2) is 4.98 Å². The first-order valence-corrected chi connectivity index (χ1v) is 9.51. The quantitative estimate of drug-likeness (QED) is 0.616. The smallest absolute Gasteiger partial charge is 0.320 e. The van der Waals surface area contributed by atoms with E-state index >= 15 is 0 Å². The molecular weight excluding hydrogens is 409 g/mol. The predicted molar refractivity (Wildman–Crippen MR) is 108 cm³/mol. The second-order valence-corrected chi connectivity index (χ2v) is 7.14. The van der Waals surface area contributed by atoms with E-state index < -0.39 is 17.6 Å². The molecule has 0 bridgehead atoms. The fraction of sp³-hybridized carbons (Fsp3) is 0.182. The highest BCUT2D eigenvalue weighted by Crippen LogP contribution is 2.33. The van der Waals surface area contributed by atoms with Crippen molar-refractivity contribution in [1.29, 1.82) is 0 Å². The lowest BCUT2D eigenvalue weighted by molar-refractivity contribution is -0.137. The molecule has 0 saturated heterocycles. The highest BCUT2D eigenvalue weighted by Gasteiger charge is 2.30. The number of alkyl halides is 3. The van der Waals surface area contributed by atoms with Gasteiger partial charge in [0.05, 0.1) is 17.4 Å². The number of nitrogens with one attached hydrogen (secondary N) is 2. The van der Waals surface area contributed by atoms with Crippen LogP contribution in [0.5, 0.6) is 0 Å². The second-order valence-electron chi connectivity index (χ2n) is 7.14. The van der Waals surface area contributed by atoms with Gasteiger partial charge >= 0.3 is 6.18 Å². The number of hydrogen-bond acceptors (Lipinski definition) is 4. The van der Waals surface area contributed by atoms with E-state index in [1.54, 1.807) is 6.07 Å². The van der Waals surface area contributed by atoms with Gasteiger partial charge in [-0.05, 0) is 48.7 Å². The molecule has 2 amide bonds. The fourth-order valence-electron chi connectivity index (χ4n) is 2.99. The molecule has 2 aromatic heterocycles. The molecule has 9 heteroatoms.